The van der Waals surface area contributed by atoms with Crippen molar-refractivity contribution in [1.82, 2.24) is 10.3 Å². The second-order valence-electron chi connectivity index (χ2n) is 5.08. The Morgan fingerprint density at radius 3 is 3.06 bits per heavy atom. The van der Waals surface area contributed by atoms with Crippen LogP contribution in [0, 0.1) is 5.92 Å². The lowest BCUT2D eigenvalue weighted by atomic mass is 10.0. The van der Waals surface area contributed by atoms with E-state index in [1.165, 1.54) is 42.4 Å². The molecule has 0 aromatic carbocycles. The molecule has 96 valence electrons. The monoisotopic (exact) mass is 253 g/mol. The van der Waals surface area contributed by atoms with E-state index in [0.717, 1.165) is 5.92 Å². The summed E-state index contributed by atoms with van der Waals surface area (Å²) in [4.78, 5) is 8.37. The van der Waals surface area contributed by atoms with Crippen molar-refractivity contribution < 1.29 is 0 Å². The zero-order valence-electron chi connectivity index (χ0n) is 11.1. The van der Waals surface area contributed by atoms with E-state index >= 15 is 0 Å². The van der Waals surface area contributed by atoms with Gasteiger partial charge in [-0.3, -0.25) is 0 Å². The van der Waals surface area contributed by atoms with Crippen LogP contribution in [0.25, 0.3) is 0 Å². The average Bonchev–Trinajstić information content (AvgIpc) is 2.72. The predicted molar refractivity (Wildman–Crippen MR) is 74.8 cm³/mol. The molecule has 0 aliphatic carbocycles. The van der Waals surface area contributed by atoms with Gasteiger partial charge in [-0.2, -0.15) is 0 Å². The third-order valence-electron chi connectivity index (χ3n) is 3.66. The van der Waals surface area contributed by atoms with Gasteiger partial charge in [0.2, 0.25) is 0 Å². The number of aromatic nitrogens is 1. The van der Waals surface area contributed by atoms with Gasteiger partial charge in [0.15, 0.2) is 5.13 Å². The summed E-state index contributed by atoms with van der Waals surface area (Å²) in [6, 6.07) is 0.409. The van der Waals surface area contributed by atoms with E-state index in [1.54, 1.807) is 0 Å². The van der Waals surface area contributed by atoms with Gasteiger partial charge in [-0.1, -0.05) is 6.92 Å². The van der Waals surface area contributed by atoms with Crippen molar-refractivity contribution in [3.05, 3.63) is 11.1 Å². The van der Waals surface area contributed by atoms with Crippen molar-refractivity contribution in [3.63, 3.8) is 0 Å². The Labute approximate surface area is 108 Å². The van der Waals surface area contributed by atoms with Crippen LogP contribution in [0.1, 0.15) is 44.0 Å². The van der Waals surface area contributed by atoms with Gasteiger partial charge in [-0.25, -0.2) is 4.98 Å². The summed E-state index contributed by atoms with van der Waals surface area (Å²) in [5, 5.41) is 4.47. The van der Waals surface area contributed by atoms with E-state index in [4.69, 9.17) is 0 Å². The molecular weight excluding hydrogens is 230 g/mol. The molecule has 2 unspecified atom stereocenters. The molecule has 1 fully saturated rings. The fraction of sp³-hybridized carbons (Fsp3) is 0.769. The number of thiazole rings is 1. The highest BCUT2D eigenvalue weighted by Gasteiger charge is 2.17. The van der Waals surface area contributed by atoms with Crippen LogP contribution in [0.2, 0.25) is 0 Å². The lowest BCUT2D eigenvalue weighted by Gasteiger charge is -2.19. The predicted octanol–water partition coefficient (Wildman–Crippen LogP) is 3.05. The Kier molecular flexibility index (Phi) is 4.40. The molecule has 17 heavy (non-hydrogen) atoms. The molecule has 4 heteroatoms. The van der Waals surface area contributed by atoms with E-state index in [1.807, 2.05) is 24.6 Å². The molecule has 1 saturated heterocycles. The van der Waals surface area contributed by atoms with Gasteiger partial charge >= 0.3 is 0 Å². The van der Waals surface area contributed by atoms with Crippen LogP contribution < -0.4 is 10.2 Å². The van der Waals surface area contributed by atoms with Crippen molar-refractivity contribution in [2.75, 3.05) is 25.0 Å². The van der Waals surface area contributed by atoms with E-state index < -0.39 is 0 Å². The largest absolute Gasteiger partial charge is 0.348 e. The minimum absolute atomic E-state index is 0.409. The highest BCUT2D eigenvalue weighted by atomic mass is 32.1. The summed E-state index contributed by atoms with van der Waals surface area (Å²) < 4.78 is 0. The normalized spacial score (nSPS) is 23.5. The van der Waals surface area contributed by atoms with E-state index in [2.05, 4.69) is 29.0 Å². The maximum absolute atomic E-state index is 4.58. The summed E-state index contributed by atoms with van der Waals surface area (Å²) >= 11 is 1.83. The van der Waals surface area contributed by atoms with Crippen molar-refractivity contribution in [2.24, 2.45) is 5.92 Å². The van der Waals surface area contributed by atoms with Crippen LogP contribution in [0.4, 0.5) is 5.13 Å². The van der Waals surface area contributed by atoms with Crippen molar-refractivity contribution in [3.8, 4) is 0 Å². The van der Waals surface area contributed by atoms with E-state index in [0.29, 0.717) is 6.04 Å². The topological polar surface area (TPSA) is 28.2 Å². The first-order chi connectivity index (χ1) is 8.20. The molecule has 1 aliphatic rings. The second-order valence-corrected chi connectivity index (χ2v) is 6.12. The number of nitrogens with zero attached hydrogens (tertiary/aromatic N) is 2. The van der Waals surface area contributed by atoms with Gasteiger partial charge in [0.1, 0.15) is 0 Å². The molecule has 1 aromatic rings. The summed E-state index contributed by atoms with van der Waals surface area (Å²) in [6.45, 7) is 6.88. The van der Waals surface area contributed by atoms with E-state index in [-0.39, 0.29) is 0 Å². The van der Waals surface area contributed by atoms with Gasteiger partial charge < -0.3 is 10.2 Å². The smallest absolute Gasteiger partial charge is 0.185 e. The van der Waals surface area contributed by atoms with Gasteiger partial charge in [-0.15, -0.1) is 11.3 Å². The highest BCUT2D eigenvalue weighted by Crippen LogP contribution is 2.29. The molecule has 3 nitrogen and oxygen atoms in total. The van der Waals surface area contributed by atoms with Crippen molar-refractivity contribution in [1.29, 1.82) is 0 Å². The Hall–Kier alpha value is -0.610. The van der Waals surface area contributed by atoms with Crippen LogP contribution in [0.5, 0.6) is 0 Å². The first-order valence-electron chi connectivity index (χ1n) is 6.58. The lowest BCUT2D eigenvalue weighted by Crippen LogP contribution is -2.23. The van der Waals surface area contributed by atoms with Gasteiger partial charge in [0, 0.05) is 30.2 Å². The van der Waals surface area contributed by atoms with Gasteiger partial charge in [-0.05, 0) is 39.2 Å². The zero-order chi connectivity index (χ0) is 12.3. The summed E-state index contributed by atoms with van der Waals surface area (Å²) in [5.74, 6) is 0.871. The van der Waals surface area contributed by atoms with Gasteiger partial charge in [0.05, 0.1) is 0 Å². The van der Waals surface area contributed by atoms with Crippen molar-refractivity contribution >= 4 is 16.5 Å². The fourth-order valence-electron chi connectivity index (χ4n) is 2.22. The Balaban J connectivity index is 2.03. The highest BCUT2D eigenvalue weighted by molar-refractivity contribution is 7.15. The Morgan fingerprint density at radius 1 is 1.47 bits per heavy atom. The average molecular weight is 253 g/mol. The summed E-state index contributed by atoms with van der Waals surface area (Å²) in [7, 11) is 2.00. The molecule has 0 amide bonds. The molecule has 1 aliphatic heterocycles. The fourth-order valence-corrected chi connectivity index (χ4v) is 3.25. The number of rotatable bonds is 3. The molecule has 0 bridgehead atoms. The van der Waals surface area contributed by atoms with Crippen molar-refractivity contribution in [2.45, 2.75) is 39.2 Å². The Bertz CT molecular complexity index is 350. The molecular formula is C13H23N3S. The van der Waals surface area contributed by atoms with Gasteiger partial charge in [0.25, 0.3) is 0 Å². The van der Waals surface area contributed by atoms with Crippen LogP contribution >= 0.6 is 11.3 Å². The maximum atomic E-state index is 4.58. The standard InChI is InChI=1S/C13H23N3S/c1-10-5-4-7-16(8-6-10)13-15-9-12(17-13)11(2)14-3/h9-11,14H,4-8H2,1-3H3. The first kappa shape index (κ1) is 12.8. The molecule has 2 heterocycles. The molecule has 2 rings (SSSR count). The third kappa shape index (κ3) is 3.19. The molecule has 0 radical (unpaired) electrons. The lowest BCUT2D eigenvalue weighted by molar-refractivity contribution is 0.521. The van der Waals surface area contributed by atoms with Crippen LogP contribution in [0.15, 0.2) is 6.20 Å². The first-order valence-corrected chi connectivity index (χ1v) is 7.40. The van der Waals surface area contributed by atoms with Crippen LogP contribution in [-0.2, 0) is 0 Å². The third-order valence-corrected chi connectivity index (χ3v) is 4.90. The summed E-state index contributed by atoms with van der Waals surface area (Å²) in [5.41, 5.74) is 0. The van der Waals surface area contributed by atoms with Crippen LogP contribution in [-0.4, -0.2) is 25.1 Å². The minimum atomic E-state index is 0.409. The number of anilines is 1. The summed E-state index contributed by atoms with van der Waals surface area (Å²) in [6.07, 6.45) is 5.99. The number of nitrogens with one attached hydrogen (secondary N) is 1. The molecule has 0 saturated carbocycles. The minimum Gasteiger partial charge on any atom is -0.348 e. The van der Waals surface area contributed by atoms with E-state index in [9.17, 15) is 0 Å². The molecule has 1 aromatic heterocycles. The maximum Gasteiger partial charge on any atom is 0.185 e. The SMILES string of the molecule is CNC(C)c1cnc(N2CCCC(C)CC2)s1. The number of hydrogen-bond donors (Lipinski definition) is 1. The Morgan fingerprint density at radius 2 is 2.29 bits per heavy atom. The zero-order valence-corrected chi connectivity index (χ0v) is 11.9. The van der Waals surface area contributed by atoms with Crippen LogP contribution in [0.3, 0.4) is 0 Å². The molecule has 0 spiro atoms. The molecule has 1 N–H and O–H groups in total. The molecule has 2 atom stereocenters. The quantitative estimate of drug-likeness (QED) is 0.897. The number of hydrogen-bond acceptors (Lipinski definition) is 4. The second kappa shape index (κ2) is 5.83.